The predicted octanol–water partition coefficient (Wildman–Crippen LogP) is -1.56. The molecule has 1 saturated heterocycles. The molecule has 0 saturated carbocycles. The molecule has 6 nitrogen and oxygen atoms in total. The number of nitrogens with one attached hydrogen (secondary N) is 1. The van der Waals surface area contributed by atoms with Crippen molar-refractivity contribution in [1.82, 2.24) is 5.32 Å². The molecule has 8 heteroatoms. The van der Waals surface area contributed by atoms with Gasteiger partial charge in [0.2, 0.25) is 10.0 Å². The molecule has 1 aliphatic heterocycles. The number of rotatable bonds is 5. The lowest BCUT2D eigenvalue weighted by Gasteiger charge is -2.09. The number of hydrogen-bond acceptors (Lipinski definition) is 5. The van der Waals surface area contributed by atoms with E-state index in [0.717, 1.165) is 0 Å². The van der Waals surface area contributed by atoms with Crippen LogP contribution in [-0.4, -0.2) is 46.7 Å². The third-order valence-corrected chi connectivity index (χ3v) is 4.90. The van der Waals surface area contributed by atoms with Crippen LogP contribution in [0, 0.1) is 0 Å². The van der Waals surface area contributed by atoms with Crippen LogP contribution in [-0.2, 0) is 19.9 Å². The highest BCUT2D eigenvalue weighted by molar-refractivity contribution is 7.91. The fourth-order valence-electron chi connectivity index (χ4n) is 1.54. The third kappa shape index (κ3) is 5.45. The summed E-state index contributed by atoms with van der Waals surface area (Å²) in [7, 11) is -6.27. The van der Waals surface area contributed by atoms with Crippen LogP contribution in [0.2, 0.25) is 0 Å². The second kappa shape index (κ2) is 4.77. The highest BCUT2D eigenvalue weighted by Gasteiger charge is 2.26. The first kappa shape index (κ1) is 12.9. The molecule has 0 radical (unpaired) electrons. The second-order valence-corrected chi connectivity index (χ2v) is 7.74. The zero-order valence-electron chi connectivity index (χ0n) is 8.35. The normalized spacial score (nSPS) is 25.5. The van der Waals surface area contributed by atoms with Gasteiger partial charge in [-0.05, 0) is 19.4 Å². The van der Waals surface area contributed by atoms with Crippen molar-refractivity contribution in [2.45, 2.75) is 18.9 Å². The first-order valence-electron chi connectivity index (χ1n) is 4.73. The highest BCUT2D eigenvalue weighted by Crippen LogP contribution is 2.10. The van der Waals surface area contributed by atoms with E-state index in [1.54, 1.807) is 0 Å². The van der Waals surface area contributed by atoms with Crippen LogP contribution in [0.1, 0.15) is 12.8 Å². The van der Waals surface area contributed by atoms with Gasteiger partial charge in [0.1, 0.15) is 0 Å². The molecule has 0 aromatic rings. The average molecular weight is 256 g/mol. The molecule has 1 fully saturated rings. The number of hydrogen-bond donors (Lipinski definition) is 2. The van der Waals surface area contributed by atoms with Gasteiger partial charge in [0.15, 0.2) is 9.84 Å². The summed E-state index contributed by atoms with van der Waals surface area (Å²) in [5.41, 5.74) is 0. The fraction of sp³-hybridized carbons (Fsp3) is 1.00. The molecule has 1 unspecified atom stereocenters. The first-order valence-corrected chi connectivity index (χ1v) is 8.26. The minimum atomic E-state index is -3.40. The zero-order chi connectivity index (χ0) is 11.5. The van der Waals surface area contributed by atoms with Gasteiger partial charge in [0.05, 0.1) is 17.3 Å². The van der Waals surface area contributed by atoms with Crippen LogP contribution in [0.5, 0.6) is 0 Å². The largest absolute Gasteiger partial charge is 0.313 e. The van der Waals surface area contributed by atoms with E-state index in [-0.39, 0.29) is 23.3 Å². The van der Waals surface area contributed by atoms with Crippen molar-refractivity contribution in [3.8, 4) is 0 Å². The number of primary sulfonamides is 1. The van der Waals surface area contributed by atoms with Crippen LogP contribution < -0.4 is 10.5 Å². The molecule has 3 N–H and O–H groups in total. The Labute approximate surface area is 90.2 Å². The monoisotopic (exact) mass is 256 g/mol. The lowest BCUT2D eigenvalue weighted by Crippen LogP contribution is -2.32. The Kier molecular flexibility index (Phi) is 4.10. The fourth-order valence-corrected chi connectivity index (χ4v) is 3.79. The van der Waals surface area contributed by atoms with Crippen LogP contribution in [0.15, 0.2) is 0 Å². The summed E-state index contributed by atoms with van der Waals surface area (Å²) in [5, 5.41) is 7.83. The molecule has 0 bridgehead atoms. The summed E-state index contributed by atoms with van der Waals surface area (Å²) in [6.07, 6.45) is 1.02. The Morgan fingerprint density at radius 1 is 1.40 bits per heavy atom. The van der Waals surface area contributed by atoms with Crippen molar-refractivity contribution in [3.63, 3.8) is 0 Å². The van der Waals surface area contributed by atoms with Crippen molar-refractivity contribution in [2.75, 3.05) is 23.8 Å². The molecule has 1 heterocycles. The lowest BCUT2D eigenvalue weighted by atomic mass is 10.2. The van der Waals surface area contributed by atoms with E-state index in [1.807, 2.05) is 0 Å². The lowest BCUT2D eigenvalue weighted by molar-refractivity contribution is 0.546. The van der Waals surface area contributed by atoms with E-state index < -0.39 is 19.9 Å². The van der Waals surface area contributed by atoms with E-state index >= 15 is 0 Å². The Balaban J connectivity index is 2.18. The van der Waals surface area contributed by atoms with Gasteiger partial charge >= 0.3 is 0 Å². The summed E-state index contributed by atoms with van der Waals surface area (Å²) < 4.78 is 43.3. The predicted molar refractivity (Wildman–Crippen MR) is 57.7 cm³/mol. The van der Waals surface area contributed by atoms with E-state index in [2.05, 4.69) is 5.32 Å². The van der Waals surface area contributed by atoms with Crippen LogP contribution in [0.4, 0.5) is 0 Å². The molecule has 90 valence electrons. The van der Waals surface area contributed by atoms with E-state index in [4.69, 9.17) is 5.14 Å². The average Bonchev–Trinajstić information content (AvgIpc) is 2.38. The maximum absolute atomic E-state index is 11.1. The van der Waals surface area contributed by atoms with Crippen molar-refractivity contribution in [3.05, 3.63) is 0 Å². The van der Waals surface area contributed by atoms with Gasteiger partial charge in [0, 0.05) is 6.04 Å². The minimum Gasteiger partial charge on any atom is -0.313 e. The number of sulfonamides is 1. The maximum Gasteiger partial charge on any atom is 0.209 e. The Morgan fingerprint density at radius 2 is 2.07 bits per heavy atom. The molecule has 0 spiro atoms. The Bertz CT molecular complexity index is 401. The van der Waals surface area contributed by atoms with Crippen molar-refractivity contribution in [1.29, 1.82) is 0 Å². The van der Waals surface area contributed by atoms with Gasteiger partial charge in [-0.1, -0.05) is 0 Å². The van der Waals surface area contributed by atoms with Crippen LogP contribution >= 0.6 is 0 Å². The molecule has 1 rings (SSSR count). The first-order chi connectivity index (χ1) is 6.79. The summed E-state index contributed by atoms with van der Waals surface area (Å²) in [5.74, 6) is 0.307. The quantitative estimate of drug-likeness (QED) is 0.579. The SMILES string of the molecule is NS(=O)(=O)CCCNC1CCS(=O)(=O)C1. The molecule has 0 aromatic heterocycles. The Morgan fingerprint density at radius 3 is 2.53 bits per heavy atom. The molecule has 0 aromatic carbocycles. The molecule has 0 aliphatic carbocycles. The molecule has 0 amide bonds. The standard InChI is InChI=1S/C7H16N2O4S2/c8-15(12,13)4-1-3-9-7-2-5-14(10,11)6-7/h7,9H,1-6H2,(H2,8,12,13). The summed E-state index contributed by atoms with van der Waals surface area (Å²) in [6, 6.07) is -0.0320. The zero-order valence-corrected chi connectivity index (χ0v) is 9.98. The summed E-state index contributed by atoms with van der Waals surface area (Å²) in [6.45, 7) is 0.483. The molecule has 15 heavy (non-hydrogen) atoms. The molecular weight excluding hydrogens is 240 g/mol. The van der Waals surface area contributed by atoms with Crippen molar-refractivity contribution >= 4 is 19.9 Å². The molecular formula is C7H16N2O4S2. The van der Waals surface area contributed by atoms with E-state index in [1.165, 1.54) is 0 Å². The second-order valence-electron chi connectivity index (χ2n) is 3.77. The minimum absolute atomic E-state index is 0.0320. The number of nitrogens with two attached hydrogens (primary N) is 1. The van der Waals surface area contributed by atoms with Gasteiger partial charge in [0.25, 0.3) is 0 Å². The van der Waals surface area contributed by atoms with Crippen LogP contribution in [0.3, 0.4) is 0 Å². The van der Waals surface area contributed by atoms with E-state index in [0.29, 0.717) is 19.4 Å². The Hall–Kier alpha value is -0.180. The van der Waals surface area contributed by atoms with Crippen molar-refractivity contribution in [2.24, 2.45) is 5.14 Å². The topological polar surface area (TPSA) is 106 Å². The number of sulfone groups is 1. The van der Waals surface area contributed by atoms with Gasteiger partial charge in [-0.25, -0.2) is 22.0 Å². The van der Waals surface area contributed by atoms with Gasteiger partial charge in [-0.3, -0.25) is 0 Å². The molecule has 1 atom stereocenters. The third-order valence-electron chi connectivity index (χ3n) is 2.27. The smallest absolute Gasteiger partial charge is 0.209 e. The summed E-state index contributed by atoms with van der Waals surface area (Å²) in [4.78, 5) is 0. The van der Waals surface area contributed by atoms with Gasteiger partial charge < -0.3 is 5.32 Å². The van der Waals surface area contributed by atoms with E-state index in [9.17, 15) is 16.8 Å². The maximum atomic E-state index is 11.1. The van der Waals surface area contributed by atoms with Gasteiger partial charge in [-0.2, -0.15) is 0 Å². The highest BCUT2D eigenvalue weighted by atomic mass is 32.2. The molecule has 1 aliphatic rings. The summed E-state index contributed by atoms with van der Waals surface area (Å²) >= 11 is 0. The van der Waals surface area contributed by atoms with Gasteiger partial charge in [-0.15, -0.1) is 0 Å². The van der Waals surface area contributed by atoms with Crippen molar-refractivity contribution < 1.29 is 16.8 Å². The van der Waals surface area contributed by atoms with Crippen LogP contribution in [0.25, 0.3) is 0 Å².